The molecule has 1 aromatic rings. The second-order valence-electron chi connectivity index (χ2n) is 3.33. The van der Waals surface area contributed by atoms with Crippen LogP contribution in [0, 0.1) is 0 Å². The van der Waals surface area contributed by atoms with Crippen LogP contribution in [-0.2, 0) is 13.2 Å². The van der Waals surface area contributed by atoms with Gasteiger partial charge in [0.2, 0.25) is 5.82 Å². The SMILES string of the molecule is Cn1nc(C(F)(F)F)n(C2CC2)c1=O. The van der Waals surface area contributed by atoms with Crippen LogP contribution < -0.4 is 5.69 Å². The number of hydrogen-bond donors (Lipinski definition) is 0. The van der Waals surface area contributed by atoms with Crippen molar-refractivity contribution in [2.24, 2.45) is 7.05 Å². The Kier molecular flexibility index (Phi) is 1.73. The van der Waals surface area contributed by atoms with E-state index in [2.05, 4.69) is 5.10 Å². The standard InChI is InChI=1S/C7H8F3N3O/c1-12-6(14)13(4-2-3-4)5(11-12)7(8,9)10/h4H,2-3H2,1H3. The Morgan fingerprint density at radius 2 is 2.00 bits per heavy atom. The number of aromatic nitrogens is 3. The number of rotatable bonds is 1. The minimum Gasteiger partial charge on any atom is -0.268 e. The first-order valence-corrected chi connectivity index (χ1v) is 4.14. The highest BCUT2D eigenvalue weighted by Crippen LogP contribution is 2.38. The van der Waals surface area contributed by atoms with Crippen molar-refractivity contribution < 1.29 is 13.2 Å². The van der Waals surface area contributed by atoms with Crippen molar-refractivity contribution in [3.05, 3.63) is 16.3 Å². The molecule has 0 amide bonds. The number of halogens is 3. The maximum atomic E-state index is 12.4. The molecule has 14 heavy (non-hydrogen) atoms. The summed E-state index contributed by atoms with van der Waals surface area (Å²) < 4.78 is 38.6. The van der Waals surface area contributed by atoms with Crippen LogP contribution in [0.2, 0.25) is 0 Å². The van der Waals surface area contributed by atoms with Crippen LogP contribution in [0.25, 0.3) is 0 Å². The normalized spacial score (nSPS) is 17.4. The van der Waals surface area contributed by atoms with E-state index in [0.29, 0.717) is 12.8 Å². The lowest BCUT2D eigenvalue weighted by Crippen LogP contribution is -2.24. The van der Waals surface area contributed by atoms with Gasteiger partial charge in [-0.05, 0) is 12.8 Å². The summed E-state index contributed by atoms with van der Waals surface area (Å²) in [6.07, 6.45) is -3.31. The van der Waals surface area contributed by atoms with Crippen molar-refractivity contribution in [2.45, 2.75) is 25.1 Å². The zero-order valence-corrected chi connectivity index (χ0v) is 7.38. The smallest absolute Gasteiger partial charge is 0.268 e. The van der Waals surface area contributed by atoms with Crippen LogP contribution in [0.5, 0.6) is 0 Å². The molecule has 0 bridgehead atoms. The molecule has 1 aromatic heterocycles. The summed E-state index contributed by atoms with van der Waals surface area (Å²) in [7, 11) is 1.22. The van der Waals surface area contributed by atoms with Gasteiger partial charge in [0.15, 0.2) is 0 Å². The van der Waals surface area contributed by atoms with Crippen molar-refractivity contribution in [1.29, 1.82) is 0 Å². The van der Waals surface area contributed by atoms with Gasteiger partial charge in [-0.15, -0.1) is 5.10 Å². The van der Waals surface area contributed by atoms with E-state index in [4.69, 9.17) is 0 Å². The third kappa shape index (κ3) is 1.32. The third-order valence-electron chi connectivity index (χ3n) is 2.12. The monoisotopic (exact) mass is 207 g/mol. The maximum absolute atomic E-state index is 12.4. The number of nitrogens with zero attached hydrogens (tertiary/aromatic N) is 3. The first-order valence-electron chi connectivity index (χ1n) is 4.14. The van der Waals surface area contributed by atoms with Crippen LogP contribution in [0.1, 0.15) is 24.7 Å². The van der Waals surface area contributed by atoms with Crippen molar-refractivity contribution in [3.63, 3.8) is 0 Å². The highest BCUT2D eigenvalue weighted by Gasteiger charge is 2.42. The summed E-state index contributed by atoms with van der Waals surface area (Å²) in [4.78, 5) is 11.3. The highest BCUT2D eigenvalue weighted by molar-refractivity contribution is 4.99. The molecule has 0 unspecified atom stereocenters. The summed E-state index contributed by atoms with van der Waals surface area (Å²) in [5.41, 5.74) is -0.695. The van der Waals surface area contributed by atoms with Gasteiger partial charge >= 0.3 is 11.9 Å². The summed E-state index contributed by atoms with van der Waals surface area (Å²) >= 11 is 0. The van der Waals surface area contributed by atoms with Gasteiger partial charge in [0.1, 0.15) is 0 Å². The van der Waals surface area contributed by atoms with Gasteiger partial charge in [-0.25, -0.2) is 9.48 Å². The minimum atomic E-state index is -4.55. The van der Waals surface area contributed by atoms with E-state index < -0.39 is 17.7 Å². The number of aryl methyl sites for hydroxylation is 1. The maximum Gasteiger partial charge on any atom is 0.451 e. The summed E-state index contributed by atoms with van der Waals surface area (Å²) in [6, 6.07) is -0.312. The molecule has 1 aliphatic rings. The zero-order valence-electron chi connectivity index (χ0n) is 7.38. The first kappa shape index (κ1) is 9.29. The Hall–Kier alpha value is -1.27. The largest absolute Gasteiger partial charge is 0.451 e. The average molecular weight is 207 g/mol. The predicted octanol–water partition coefficient (Wildman–Crippen LogP) is 0.935. The molecule has 0 aromatic carbocycles. The summed E-state index contributed by atoms with van der Waals surface area (Å²) in [5.74, 6) is -1.09. The molecule has 4 nitrogen and oxygen atoms in total. The Morgan fingerprint density at radius 3 is 2.43 bits per heavy atom. The van der Waals surface area contributed by atoms with E-state index in [0.717, 1.165) is 9.25 Å². The summed E-state index contributed by atoms with van der Waals surface area (Å²) in [5, 5.41) is 3.18. The Labute approximate surface area is 76.9 Å². The van der Waals surface area contributed by atoms with Gasteiger partial charge < -0.3 is 0 Å². The van der Waals surface area contributed by atoms with Gasteiger partial charge in [0.05, 0.1) is 0 Å². The van der Waals surface area contributed by atoms with Crippen molar-refractivity contribution in [2.75, 3.05) is 0 Å². The molecule has 1 heterocycles. The average Bonchev–Trinajstić information content (AvgIpc) is 2.81. The second kappa shape index (κ2) is 2.61. The number of alkyl halides is 3. The molecule has 78 valence electrons. The lowest BCUT2D eigenvalue weighted by Gasteiger charge is -2.05. The fourth-order valence-corrected chi connectivity index (χ4v) is 1.33. The van der Waals surface area contributed by atoms with Gasteiger partial charge in [0.25, 0.3) is 0 Å². The van der Waals surface area contributed by atoms with Crippen molar-refractivity contribution in [3.8, 4) is 0 Å². The first-order chi connectivity index (χ1) is 6.41. The topological polar surface area (TPSA) is 39.8 Å². The molecule has 0 atom stereocenters. The number of hydrogen-bond acceptors (Lipinski definition) is 2. The van der Waals surface area contributed by atoms with E-state index in [1.165, 1.54) is 7.05 Å². The predicted molar refractivity (Wildman–Crippen MR) is 40.7 cm³/mol. The molecular weight excluding hydrogens is 199 g/mol. The molecular formula is C7H8F3N3O. The van der Waals surface area contributed by atoms with E-state index >= 15 is 0 Å². The molecule has 7 heteroatoms. The Balaban J connectivity index is 2.59. The Bertz CT molecular complexity index is 413. The van der Waals surface area contributed by atoms with Crippen molar-refractivity contribution >= 4 is 0 Å². The quantitative estimate of drug-likeness (QED) is 0.687. The van der Waals surface area contributed by atoms with E-state index in [9.17, 15) is 18.0 Å². The molecule has 0 saturated heterocycles. The van der Waals surface area contributed by atoms with Gasteiger partial charge in [-0.3, -0.25) is 4.57 Å². The third-order valence-corrected chi connectivity index (χ3v) is 2.12. The lowest BCUT2D eigenvalue weighted by molar-refractivity contribution is -0.147. The van der Waals surface area contributed by atoms with Gasteiger partial charge in [-0.2, -0.15) is 13.2 Å². The lowest BCUT2D eigenvalue weighted by atomic mass is 10.5. The second-order valence-corrected chi connectivity index (χ2v) is 3.33. The highest BCUT2D eigenvalue weighted by atomic mass is 19.4. The fraction of sp³-hybridized carbons (Fsp3) is 0.714. The van der Waals surface area contributed by atoms with E-state index in [1.807, 2.05) is 0 Å². The van der Waals surface area contributed by atoms with E-state index in [-0.39, 0.29) is 6.04 Å². The molecule has 0 N–H and O–H groups in total. The van der Waals surface area contributed by atoms with Crippen LogP contribution in [0.15, 0.2) is 4.79 Å². The van der Waals surface area contributed by atoms with Crippen LogP contribution >= 0.6 is 0 Å². The van der Waals surface area contributed by atoms with Gasteiger partial charge in [-0.1, -0.05) is 0 Å². The molecule has 0 spiro atoms. The summed E-state index contributed by atoms with van der Waals surface area (Å²) in [6.45, 7) is 0. The molecule has 1 aliphatic carbocycles. The van der Waals surface area contributed by atoms with Crippen LogP contribution in [0.3, 0.4) is 0 Å². The molecule has 0 aliphatic heterocycles. The van der Waals surface area contributed by atoms with Gasteiger partial charge in [0, 0.05) is 13.1 Å². The molecule has 0 radical (unpaired) electrons. The zero-order chi connectivity index (χ0) is 10.5. The van der Waals surface area contributed by atoms with E-state index in [1.54, 1.807) is 0 Å². The molecule has 2 rings (SSSR count). The van der Waals surface area contributed by atoms with Crippen LogP contribution in [0.4, 0.5) is 13.2 Å². The Morgan fingerprint density at radius 1 is 1.43 bits per heavy atom. The molecule has 1 saturated carbocycles. The van der Waals surface area contributed by atoms with Crippen molar-refractivity contribution in [1.82, 2.24) is 14.3 Å². The van der Waals surface area contributed by atoms with Crippen LogP contribution in [-0.4, -0.2) is 14.3 Å². The minimum absolute atomic E-state index is 0.312. The fourth-order valence-electron chi connectivity index (χ4n) is 1.33. The molecule has 1 fully saturated rings.